The summed E-state index contributed by atoms with van der Waals surface area (Å²) in [7, 11) is 2.97. The third-order valence-corrected chi connectivity index (χ3v) is 4.34. The summed E-state index contributed by atoms with van der Waals surface area (Å²) in [6, 6.07) is 7.41. The minimum Gasteiger partial charge on any atom is -0.497 e. The van der Waals surface area contributed by atoms with Gasteiger partial charge in [0.2, 0.25) is 0 Å². The maximum Gasteiger partial charge on any atom is 0.328 e. The Morgan fingerprint density at radius 2 is 1.93 bits per heavy atom. The van der Waals surface area contributed by atoms with E-state index in [9.17, 15) is 14.4 Å². The number of esters is 1. The number of carbonyl (C=O) groups is 3. The molecule has 0 fully saturated rings. The summed E-state index contributed by atoms with van der Waals surface area (Å²) >= 11 is 1.26. The average Bonchev–Trinajstić information content (AvgIpc) is 3.20. The van der Waals surface area contributed by atoms with Crippen molar-refractivity contribution in [1.82, 2.24) is 5.32 Å². The van der Waals surface area contributed by atoms with Crippen molar-refractivity contribution in [3.05, 3.63) is 40.6 Å². The van der Waals surface area contributed by atoms with Crippen LogP contribution in [0, 0.1) is 0 Å². The van der Waals surface area contributed by atoms with Crippen molar-refractivity contribution in [2.24, 2.45) is 0 Å². The number of thiophene rings is 1. The van der Waals surface area contributed by atoms with Crippen molar-refractivity contribution >= 4 is 34.8 Å². The van der Waals surface area contributed by atoms with Gasteiger partial charge in [-0.05, 0) is 30.5 Å². The van der Waals surface area contributed by atoms with Crippen LogP contribution in [0.4, 0.5) is 5.69 Å². The summed E-state index contributed by atoms with van der Waals surface area (Å²) in [6.07, 6.45) is 0. The molecule has 1 aromatic carbocycles. The smallest absolute Gasteiger partial charge is 0.328 e. The minimum absolute atomic E-state index is 0.375. The van der Waals surface area contributed by atoms with E-state index in [1.165, 1.54) is 32.5 Å². The molecule has 2 rings (SSSR count). The Labute approximate surface area is 160 Å². The topological polar surface area (TPSA) is 103 Å². The molecule has 0 aliphatic rings. The molecule has 0 spiro atoms. The van der Waals surface area contributed by atoms with Gasteiger partial charge in [0.05, 0.1) is 24.8 Å². The molecule has 2 N–H and O–H groups in total. The monoisotopic (exact) mass is 392 g/mol. The molecular weight excluding hydrogens is 372 g/mol. The molecule has 2 aromatic rings. The Balaban J connectivity index is 1.86. The lowest BCUT2D eigenvalue weighted by atomic mass is 10.2. The first-order chi connectivity index (χ1) is 12.9. The second-order valence-corrected chi connectivity index (χ2v) is 6.34. The molecule has 1 atom stereocenters. The number of rotatable bonds is 8. The highest BCUT2D eigenvalue weighted by Gasteiger charge is 2.20. The van der Waals surface area contributed by atoms with Crippen molar-refractivity contribution < 1.29 is 28.6 Å². The molecule has 0 saturated carbocycles. The Kier molecular flexibility index (Phi) is 7.18. The van der Waals surface area contributed by atoms with Gasteiger partial charge in [-0.15, -0.1) is 11.3 Å². The lowest BCUT2D eigenvalue weighted by Crippen LogP contribution is -2.40. The van der Waals surface area contributed by atoms with Crippen LogP contribution in [0.2, 0.25) is 0 Å². The molecule has 0 aliphatic carbocycles. The van der Waals surface area contributed by atoms with Crippen LogP contribution in [0.3, 0.4) is 0 Å². The summed E-state index contributed by atoms with van der Waals surface area (Å²) in [5.41, 5.74) is 0.386. The van der Waals surface area contributed by atoms with Crippen LogP contribution < -0.4 is 20.1 Å². The number of ether oxygens (including phenoxy) is 3. The van der Waals surface area contributed by atoms with Crippen molar-refractivity contribution in [3.63, 3.8) is 0 Å². The fourth-order valence-corrected chi connectivity index (χ4v) is 2.72. The van der Waals surface area contributed by atoms with Gasteiger partial charge in [-0.3, -0.25) is 9.59 Å². The van der Waals surface area contributed by atoms with E-state index in [1.807, 2.05) is 0 Å². The summed E-state index contributed by atoms with van der Waals surface area (Å²) in [6.45, 7) is 0.981. The molecule has 0 radical (unpaired) electrons. The largest absolute Gasteiger partial charge is 0.497 e. The zero-order valence-electron chi connectivity index (χ0n) is 15.1. The van der Waals surface area contributed by atoms with Crippen LogP contribution in [-0.4, -0.2) is 44.7 Å². The van der Waals surface area contributed by atoms with E-state index in [2.05, 4.69) is 10.6 Å². The van der Waals surface area contributed by atoms with Gasteiger partial charge in [0.1, 0.15) is 17.5 Å². The molecule has 0 aliphatic heterocycles. The van der Waals surface area contributed by atoms with Gasteiger partial charge in [0.15, 0.2) is 6.61 Å². The number of benzene rings is 1. The van der Waals surface area contributed by atoms with Gasteiger partial charge in [-0.2, -0.15) is 0 Å². The van der Waals surface area contributed by atoms with E-state index in [0.717, 1.165) is 0 Å². The Hall–Kier alpha value is -3.07. The molecule has 0 bridgehead atoms. The zero-order chi connectivity index (χ0) is 19.8. The second-order valence-electron chi connectivity index (χ2n) is 5.39. The summed E-state index contributed by atoms with van der Waals surface area (Å²) in [4.78, 5) is 36.4. The highest BCUT2D eigenvalue weighted by molar-refractivity contribution is 7.12. The number of hydrogen-bond donors (Lipinski definition) is 2. The Morgan fingerprint density at radius 1 is 1.15 bits per heavy atom. The summed E-state index contributed by atoms with van der Waals surface area (Å²) in [5.74, 6) is -0.667. The normalized spacial score (nSPS) is 11.2. The van der Waals surface area contributed by atoms with Crippen molar-refractivity contribution in [2.75, 3.05) is 26.1 Å². The van der Waals surface area contributed by atoms with Crippen LogP contribution in [0.15, 0.2) is 35.7 Å². The van der Waals surface area contributed by atoms with Crippen LogP contribution in [-0.2, 0) is 14.3 Å². The van der Waals surface area contributed by atoms with Crippen molar-refractivity contribution in [1.29, 1.82) is 0 Å². The van der Waals surface area contributed by atoms with Crippen molar-refractivity contribution in [3.8, 4) is 11.5 Å². The molecule has 8 nitrogen and oxygen atoms in total. The van der Waals surface area contributed by atoms with Gasteiger partial charge in [-0.25, -0.2) is 4.79 Å². The third kappa shape index (κ3) is 5.71. The molecular formula is C18H20N2O6S. The predicted molar refractivity (Wildman–Crippen MR) is 100 cm³/mol. The van der Waals surface area contributed by atoms with E-state index in [0.29, 0.717) is 22.1 Å². The Morgan fingerprint density at radius 3 is 2.56 bits per heavy atom. The predicted octanol–water partition coefficient (Wildman–Crippen LogP) is 2.07. The lowest BCUT2D eigenvalue weighted by Gasteiger charge is -2.14. The molecule has 1 aromatic heterocycles. The molecule has 0 saturated heterocycles. The van der Waals surface area contributed by atoms with E-state index in [1.54, 1.807) is 35.7 Å². The maximum atomic E-state index is 12.0. The van der Waals surface area contributed by atoms with Crippen molar-refractivity contribution in [2.45, 2.75) is 13.0 Å². The van der Waals surface area contributed by atoms with Gasteiger partial charge >= 0.3 is 5.97 Å². The van der Waals surface area contributed by atoms with Crippen LogP contribution >= 0.6 is 11.3 Å². The van der Waals surface area contributed by atoms with E-state index < -0.39 is 24.5 Å². The fraction of sp³-hybridized carbons (Fsp3) is 0.278. The number of nitrogens with one attached hydrogen (secondary N) is 2. The van der Waals surface area contributed by atoms with Gasteiger partial charge in [0.25, 0.3) is 11.8 Å². The number of amides is 2. The first-order valence-corrected chi connectivity index (χ1v) is 8.85. The maximum absolute atomic E-state index is 12.0. The Bertz CT molecular complexity index is 806. The standard InChI is InChI=1S/C18H20N2O6S/c1-11(19-17(22)15-5-4-8-27-15)18(23)26-10-16(21)20-13-9-12(24-2)6-7-14(13)25-3/h4-9,11H,10H2,1-3H3,(H,19,22)(H,20,21). The number of carbonyl (C=O) groups excluding carboxylic acids is 3. The summed E-state index contributed by atoms with van der Waals surface area (Å²) in [5, 5.41) is 6.86. The molecule has 1 unspecified atom stereocenters. The first kappa shape index (κ1) is 20.2. The quantitative estimate of drug-likeness (QED) is 0.667. The third-order valence-electron chi connectivity index (χ3n) is 3.47. The van der Waals surface area contributed by atoms with E-state index >= 15 is 0 Å². The SMILES string of the molecule is COc1ccc(OC)c(NC(=O)COC(=O)C(C)NC(=O)c2cccs2)c1. The minimum atomic E-state index is -0.890. The van der Waals surface area contributed by atoms with Gasteiger partial charge < -0.3 is 24.8 Å². The molecule has 2 amide bonds. The summed E-state index contributed by atoms with van der Waals surface area (Å²) < 4.78 is 15.2. The zero-order valence-corrected chi connectivity index (χ0v) is 15.9. The molecule has 144 valence electrons. The van der Waals surface area contributed by atoms with E-state index in [-0.39, 0.29) is 5.91 Å². The van der Waals surface area contributed by atoms with Crippen LogP contribution in [0.5, 0.6) is 11.5 Å². The average molecular weight is 392 g/mol. The van der Waals surface area contributed by atoms with Gasteiger partial charge in [-0.1, -0.05) is 6.07 Å². The first-order valence-electron chi connectivity index (χ1n) is 7.97. The lowest BCUT2D eigenvalue weighted by molar-refractivity contribution is -0.148. The highest BCUT2D eigenvalue weighted by Crippen LogP contribution is 2.28. The number of methoxy groups -OCH3 is 2. The molecule has 27 heavy (non-hydrogen) atoms. The van der Waals surface area contributed by atoms with Crippen LogP contribution in [0.1, 0.15) is 16.6 Å². The fourth-order valence-electron chi connectivity index (χ4n) is 2.09. The number of anilines is 1. The van der Waals surface area contributed by atoms with E-state index in [4.69, 9.17) is 14.2 Å². The van der Waals surface area contributed by atoms with Crippen LogP contribution in [0.25, 0.3) is 0 Å². The second kappa shape index (κ2) is 9.58. The number of hydrogen-bond acceptors (Lipinski definition) is 7. The molecule has 9 heteroatoms. The molecule has 1 heterocycles. The van der Waals surface area contributed by atoms with Gasteiger partial charge in [0, 0.05) is 6.07 Å². The highest BCUT2D eigenvalue weighted by atomic mass is 32.1.